The van der Waals surface area contributed by atoms with Crippen LogP contribution in [0.1, 0.15) is 45.5 Å². The van der Waals surface area contributed by atoms with Crippen molar-refractivity contribution in [3.05, 3.63) is 39.3 Å². The molecule has 0 saturated heterocycles. The number of H-pyrrole nitrogens is 1. The van der Waals surface area contributed by atoms with Crippen LogP contribution in [0.5, 0.6) is 0 Å². The van der Waals surface area contributed by atoms with Gasteiger partial charge in [-0.3, -0.25) is 9.89 Å². The van der Waals surface area contributed by atoms with E-state index < -0.39 is 0 Å². The van der Waals surface area contributed by atoms with Crippen molar-refractivity contribution in [2.24, 2.45) is 5.92 Å². The van der Waals surface area contributed by atoms with Gasteiger partial charge in [-0.05, 0) is 30.2 Å². The lowest BCUT2D eigenvalue weighted by atomic mass is 9.76. The van der Waals surface area contributed by atoms with E-state index in [1.165, 1.54) is 0 Å². The van der Waals surface area contributed by atoms with Gasteiger partial charge in [0.25, 0.3) is 5.91 Å². The molecule has 122 valence electrons. The molecule has 23 heavy (non-hydrogen) atoms. The van der Waals surface area contributed by atoms with Crippen molar-refractivity contribution in [3.63, 3.8) is 0 Å². The molecule has 0 radical (unpaired) electrons. The highest BCUT2D eigenvalue weighted by atomic mass is 32.1. The summed E-state index contributed by atoms with van der Waals surface area (Å²) in [5.41, 5.74) is 2.29. The number of aromatic amines is 1. The molecule has 0 aromatic carbocycles. The van der Waals surface area contributed by atoms with Crippen molar-refractivity contribution in [2.45, 2.75) is 38.0 Å². The quantitative estimate of drug-likeness (QED) is 0.796. The van der Waals surface area contributed by atoms with Crippen molar-refractivity contribution in [1.29, 1.82) is 0 Å². The molecule has 1 amide bonds. The van der Waals surface area contributed by atoms with Crippen LogP contribution in [0.3, 0.4) is 0 Å². The van der Waals surface area contributed by atoms with E-state index in [0.717, 1.165) is 35.4 Å². The van der Waals surface area contributed by atoms with Crippen LogP contribution in [-0.2, 0) is 17.8 Å². The summed E-state index contributed by atoms with van der Waals surface area (Å²) in [6.07, 6.45) is 1.97. The second-order valence-electron chi connectivity index (χ2n) is 6.18. The molecule has 2 aromatic heterocycles. The maximum absolute atomic E-state index is 12.7. The topological polar surface area (TPSA) is 87.2 Å². The summed E-state index contributed by atoms with van der Waals surface area (Å²) in [7, 11) is 0. The monoisotopic (exact) mass is 333 g/mol. The highest BCUT2D eigenvalue weighted by Crippen LogP contribution is 2.39. The first-order chi connectivity index (χ1) is 11.2. The van der Waals surface area contributed by atoms with Crippen molar-refractivity contribution >= 4 is 17.2 Å². The Kier molecular flexibility index (Phi) is 3.92. The lowest BCUT2D eigenvalue weighted by molar-refractivity contribution is 0.0240. The first-order valence-electron chi connectivity index (χ1n) is 7.88. The molecule has 3 N–H and O–H groups in total. The third-order valence-corrected chi connectivity index (χ3v) is 5.62. The number of hydrogen-bond donors (Lipinski definition) is 3. The summed E-state index contributed by atoms with van der Waals surface area (Å²) in [5, 5.41) is 21.9. The normalized spacial score (nSPS) is 24.6. The largest absolute Gasteiger partial charge is 0.393 e. The van der Waals surface area contributed by atoms with Crippen molar-refractivity contribution in [2.75, 3.05) is 6.61 Å². The number of hydrogen-bond acceptors (Lipinski definition) is 5. The van der Waals surface area contributed by atoms with Gasteiger partial charge in [0.2, 0.25) is 0 Å². The van der Waals surface area contributed by atoms with E-state index in [2.05, 4.69) is 15.5 Å². The summed E-state index contributed by atoms with van der Waals surface area (Å²) in [5.74, 6) is 0.103. The fourth-order valence-corrected chi connectivity index (χ4v) is 4.17. The minimum absolute atomic E-state index is 0.0669. The zero-order chi connectivity index (χ0) is 15.8. The summed E-state index contributed by atoms with van der Waals surface area (Å²) in [6, 6.07) is 3.95. The van der Waals surface area contributed by atoms with Crippen LogP contribution in [0.15, 0.2) is 17.5 Å². The van der Waals surface area contributed by atoms with Crippen LogP contribution < -0.4 is 5.32 Å². The van der Waals surface area contributed by atoms with E-state index in [0.29, 0.717) is 18.9 Å². The minimum Gasteiger partial charge on any atom is -0.393 e. The van der Waals surface area contributed by atoms with Crippen molar-refractivity contribution in [3.8, 4) is 0 Å². The zero-order valence-electron chi connectivity index (χ0n) is 12.6. The van der Waals surface area contributed by atoms with Crippen LogP contribution in [0.25, 0.3) is 0 Å². The van der Waals surface area contributed by atoms with Crippen LogP contribution >= 0.6 is 11.3 Å². The molecule has 3 heterocycles. The highest BCUT2D eigenvalue weighted by Gasteiger charge is 2.37. The second kappa shape index (κ2) is 6.07. The Morgan fingerprint density at radius 3 is 3.13 bits per heavy atom. The van der Waals surface area contributed by atoms with Gasteiger partial charge < -0.3 is 15.2 Å². The predicted molar refractivity (Wildman–Crippen MR) is 85.2 cm³/mol. The third-order valence-electron chi connectivity index (χ3n) is 4.67. The average molecular weight is 333 g/mol. The molecule has 7 heteroatoms. The highest BCUT2D eigenvalue weighted by molar-refractivity contribution is 7.10. The smallest absolute Gasteiger partial charge is 0.272 e. The third kappa shape index (κ3) is 2.80. The maximum atomic E-state index is 12.7. The molecule has 1 atom stereocenters. The summed E-state index contributed by atoms with van der Waals surface area (Å²) in [4.78, 5) is 13.8. The molecule has 2 aromatic rings. The Morgan fingerprint density at radius 2 is 2.39 bits per heavy atom. The van der Waals surface area contributed by atoms with Gasteiger partial charge in [-0.2, -0.15) is 5.10 Å². The second-order valence-corrected chi connectivity index (χ2v) is 7.16. The zero-order valence-corrected chi connectivity index (χ0v) is 13.4. The van der Waals surface area contributed by atoms with Gasteiger partial charge >= 0.3 is 0 Å². The summed E-state index contributed by atoms with van der Waals surface area (Å²) >= 11 is 1.63. The maximum Gasteiger partial charge on any atom is 0.272 e. The number of fused-ring (bicyclic) bond motifs is 1. The standard InChI is InChI=1S/C16H19N3O3S/c20-10-6-9(7-10)14(13-2-1-5-23-13)17-16(21)15-11-8-22-4-3-12(11)18-19-15/h1-2,5,9-10,14,20H,3-4,6-8H2,(H,17,21)(H,18,19). The Bertz CT molecular complexity index is 691. The molecule has 1 unspecified atom stereocenters. The van der Waals surface area contributed by atoms with Gasteiger partial charge in [-0.15, -0.1) is 11.3 Å². The minimum atomic E-state index is -0.245. The van der Waals surface area contributed by atoms with Gasteiger partial charge in [0.1, 0.15) is 0 Å². The Balaban J connectivity index is 1.54. The Labute approximate surface area is 137 Å². The summed E-state index contributed by atoms with van der Waals surface area (Å²) < 4.78 is 5.45. The number of carbonyl (C=O) groups excluding carboxylic acids is 1. The summed E-state index contributed by atoms with van der Waals surface area (Å²) in [6.45, 7) is 1.09. The molecule has 4 rings (SSSR count). The average Bonchev–Trinajstić information content (AvgIpc) is 3.18. The van der Waals surface area contributed by atoms with Crippen molar-refractivity contribution < 1.29 is 14.6 Å². The fourth-order valence-electron chi connectivity index (χ4n) is 3.30. The van der Waals surface area contributed by atoms with E-state index in [4.69, 9.17) is 4.74 Å². The van der Waals surface area contributed by atoms with Crippen LogP contribution in [0.4, 0.5) is 0 Å². The Hall–Kier alpha value is -1.70. The number of carbonyl (C=O) groups is 1. The van der Waals surface area contributed by atoms with E-state index in [-0.39, 0.29) is 24.0 Å². The SMILES string of the molecule is O=C(NC(c1cccs1)C1CC(O)C1)c1n[nH]c2c1COCC2. The molecule has 1 fully saturated rings. The molecular formula is C16H19N3O3S. The van der Waals surface area contributed by atoms with Gasteiger partial charge in [0.15, 0.2) is 5.69 Å². The number of aliphatic hydroxyl groups excluding tert-OH is 1. The van der Waals surface area contributed by atoms with E-state index in [9.17, 15) is 9.90 Å². The predicted octanol–water partition coefficient (Wildman–Crippen LogP) is 1.79. The molecule has 2 aliphatic rings. The van der Waals surface area contributed by atoms with Crippen molar-refractivity contribution in [1.82, 2.24) is 15.5 Å². The van der Waals surface area contributed by atoms with Gasteiger partial charge in [-0.1, -0.05) is 6.07 Å². The lowest BCUT2D eigenvalue weighted by Crippen LogP contribution is -2.41. The molecule has 1 aliphatic carbocycles. The molecular weight excluding hydrogens is 314 g/mol. The van der Waals surface area contributed by atoms with E-state index >= 15 is 0 Å². The number of aromatic nitrogens is 2. The molecule has 0 spiro atoms. The molecule has 0 bridgehead atoms. The van der Waals surface area contributed by atoms with Gasteiger partial charge in [0.05, 0.1) is 25.4 Å². The molecule has 1 aliphatic heterocycles. The van der Waals surface area contributed by atoms with Gasteiger partial charge in [-0.25, -0.2) is 0 Å². The van der Waals surface area contributed by atoms with Crippen LogP contribution in [0, 0.1) is 5.92 Å². The fraction of sp³-hybridized carbons (Fsp3) is 0.500. The van der Waals surface area contributed by atoms with Crippen LogP contribution in [-0.4, -0.2) is 33.9 Å². The first kappa shape index (κ1) is 14.9. The number of ether oxygens (including phenoxy) is 1. The number of nitrogens with zero attached hydrogens (tertiary/aromatic N) is 1. The number of rotatable bonds is 4. The molecule has 1 saturated carbocycles. The number of nitrogens with one attached hydrogen (secondary N) is 2. The number of aliphatic hydroxyl groups is 1. The van der Waals surface area contributed by atoms with E-state index in [1.807, 2.05) is 17.5 Å². The number of thiophene rings is 1. The first-order valence-corrected chi connectivity index (χ1v) is 8.76. The number of amides is 1. The van der Waals surface area contributed by atoms with Gasteiger partial charge in [0, 0.05) is 22.6 Å². The molecule has 6 nitrogen and oxygen atoms in total. The Morgan fingerprint density at radius 1 is 1.52 bits per heavy atom. The lowest BCUT2D eigenvalue weighted by Gasteiger charge is -2.37. The van der Waals surface area contributed by atoms with Crippen LogP contribution in [0.2, 0.25) is 0 Å². The van der Waals surface area contributed by atoms with E-state index in [1.54, 1.807) is 11.3 Å².